The first-order chi connectivity index (χ1) is 8.26. The zero-order chi connectivity index (χ0) is 13.9. The van der Waals surface area contributed by atoms with Crippen LogP contribution in [0.4, 0.5) is 0 Å². The van der Waals surface area contributed by atoms with Gasteiger partial charge in [-0.15, -0.1) is 0 Å². The lowest BCUT2D eigenvalue weighted by Crippen LogP contribution is -2.49. The average Bonchev–Trinajstić information content (AvgIpc) is 2.54. The van der Waals surface area contributed by atoms with Crippen LogP contribution in [0.2, 0.25) is 0 Å². The van der Waals surface area contributed by atoms with Gasteiger partial charge in [-0.1, -0.05) is 6.92 Å². The van der Waals surface area contributed by atoms with Crippen molar-refractivity contribution in [3.63, 3.8) is 0 Å². The van der Waals surface area contributed by atoms with Crippen molar-refractivity contribution in [1.82, 2.24) is 15.5 Å². The Bertz CT molecular complexity index is 366. The van der Waals surface area contributed by atoms with Gasteiger partial charge in [-0.05, 0) is 20.3 Å². The SMILES string of the molecule is CCC(C)(C)NC(=O)CNC1CC(=O)N(C)C1=O. The van der Waals surface area contributed by atoms with Crippen LogP contribution < -0.4 is 10.6 Å². The van der Waals surface area contributed by atoms with Crippen molar-refractivity contribution in [2.75, 3.05) is 13.6 Å². The predicted octanol–water partition coefficient (Wildman–Crippen LogP) is -0.362. The van der Waals surface area contributed by atoms with Gasteiger partial charge in [-0.25, -0.2) is 0 Å². The minimum Gasteiger partial charge on any atom is -0.350 e. The largest absolute Gasteiger partial charge is 0.350 e. The van der Waals surface area contributed by atoms with E-state index in [0.29, 0.717) is 0 Å². The molecule has 0 bridgehead atoms. The quantitative estimate of drug-likeness (QED) is 0.658. The lowest BCUT2D eigenvalue weighted by atomic mass is 10.0. The molecule has 6 nitrogen and oxygen atoms in total. The molecule has 1 aliphatic rings. The Morgan fingerprint density at radius 1 is 1.44 bits per heavy atom. The molecule has 0 spiro atoms. The normalized spacial score (nSPS) is 20.4. The molecule has 1 rings (SSSR count). The fourth-order valence-electron chi connectivity index (χ4n) is 1.64. The summed E-state index contributed by atoms with van der Waals surface area (Å²) in [5.74, 6) is -0.661. The molecule has 6 heteroatoms. The van der Waals surface area contributed by atoms with Gasteiger partial charge in [-0.3, -0.25) is 24.6 Å². The van der Waals surface area contributed by atoms with Crippen molar-refractivity contribution in [3.05, 3.63) is 0 Å². The van der Waals surface area contributed by atoms with Gasteiger partial charge in [-0.2, -0.15) is 0 Å². The number of carbonyl (C=O) groups excluding carboxylic acids is 3. The molecule has 0 radical (unpaired) electrons. The Kier molecular flexibility index (Phi) is 4.45. The summed E-state index contributed by atoms with van der Waals surface area (Å²) in [4.78, 5) is 35.6. The molecule has 0 aromatic heterocycles. The number of hydrogen-bond donors (Lipinski definition) is 2. The molecule has 18 heavy (non-hydrogen) atoms. The van der Waals surface area contributed by atoms with Crippen molar-refractivity contribution < 1.29 is 14.4 Å². The highest BCUT2D eigenvalue weighted by molar-refractivity contribution is 6.05. The Hall–Kier alpha value is -1.43. The first-order valence-electron chi connectivity index (χ1n) is 6.11. The second-order valence-corrected chi connectivity index (χ2v) is 5.21. The monoisotopic (exact) mass is 255 g/mol. The first-order valence-corrected chi connectivity index (χ1v) is 6.11. The van der Waals surface area contributed by atoms with E-state index in [-0.39, 0.29) is 36.2 Å². The van der Waals surface area contributed by atoms with Gasteiger partial charge in [0.05, 0.1) is 19.0 Å². The molecular weight excluding hydrogens is 234 g/mol. The Morgan fingerprint density at radius 2 is 2.06 bits per heavy atom. The number of nitrogens with zero attached hydrogens (tertiary/aromatic N) is 1. The third kappa shape index (κ3) is 3.53. The number of carbonyl (C=O) groups is 3. The summed E-state index contributed by atoms with van der Waals surface area (Å²) in [5, 5.41) is 5.67. The third-order valence-electron chi connectivity index (χ3n) is 3.25. The fraction of sp³-hybridized carbons (Fsp3) is 0.750. The first kappa shape index (κ1) is 14.6. The molecule has 1 saturated heterocycles. The number of nitrogens with one attached hydrogen (secondary N) is 2. The summed E-state index contributed by atoms with van der Waals surface area (Å²) in [6, 6.07) is -0.571. The van der Waals surface area contributed by atoms with E-state index < -0.39 is 6.04 Å². The number of imide groups is 1. The Morgan fingerprint density at radius 3 is 2.50 bits per heavy atom. The summed E-state index contributed by atoms with van der Waals surface area (Å²) in [6.07, 6.45) is 0.947. The summed E-state index contributed by atoms with van der Waals surface area (Å²) in [7, 11) is 1.45. The van der Waals surface area contributed by atoms with Crippen LogP contribution in [-0.2, 0) is 14.4 Å². The summed E-state index contributed by atoms with van der Waals surface area (Å²) in [6.45, 7) is 5.90. The van der Waals surface area contributed by atoms with Crippen molar-refractivity contribution in [3.8, 4) is 0 Å². The lowest BCUT2D eigenvalue weighted by molar-refractivity contribution is -0.137. The van der Waals surface area contributed by atoms with Gasteiger partial charge < -0.3 is 5.32 Å². The van der Waals surface area contributed by atoms with Crippen LogP contribution in [0.3, 0.4) is 0 Å². The second-order valence-electron chi connectivity index (χ2n) is 5.21. The van der Waals surface area contributed by atoms with Crippen LogP contribution in [0.1, 0.15) is 33.6 Å². The number of likely N-dealkylation sites (N-methyl/N-ethyl adjacent to an activating group) is 1. The molecular formula is C12H21N3O3. The van der Waals surface area contributed by atoms with Crippen molar-refractivity contribution in [2.24, 2.45) is 0 Å². The molecule has 102 valence electrons. The molecule has 1 heterocycles. The van der Waals surface area contributed by atoms with E-state index in [1.807, 2.05) is 20.8 Å². The molecule has 0 aromatic rings. The molecule has 0 aromatic carbocycles. The summed E-state index contributed by atoms with van der Waals surface area (Å²) < 4.78 is 0. The van der Waals surface area contributed by atoms with Crippen molar-refractivity contribution >= 4 is 17.7 Å². The van der Waals surface area contributed by atoms with Gasteiger partial charge in [0.25, 0.3) is 0 Å². The number of likely N-dealkylation sites (tertiary alicyclic amines) is 1. The highest BCUT2D eigenvalue weighted by atomic mass is 16.2. The van der Waals surface area contributed by atoms with Crippen LogP contribution in [-0.4, -0.2) is 47.8 Å². The lowest BCUT2D eigenvalue weighted by Gasteiger charge is -2.24. The van der Waals surface area contributed by atoms with E-state index in [1.54, 1.807) is 0 Å². The van der Waals surface area contributed by atoms with Gasteiger partial charge in [0, 0.05) is 12.6 Å². The number of rotatable bonds is 5. The van der Waals surface area contributed by atoms with E-state index in [4.69, 9.17) is 0 Å². The van der Waals surface area contributed by atoms with Gasteiger partial charge in [0.1, 0.15) is 0 Å². The predicted molar refractivity (Wildman–Crippen MR) is 66.7 cm³/mol. The zero-order valence-corrected chi connectivity index (χ0v) is 11.4. The van der Waals surface area contributed by atoms with Crippen LogP contribution in [0.25, 0.3) is 0 Å². The molecule has 1 aliphatic heterocycles. The minimum atomic E-state index is -0.571. The van der Waals surface area contributed by atoms with E-state index in [1.165, 1.54) is 7.05 Å². The smallest absolute Gasteiger partial charge is 0.246 e. The second kappa shape index (κ2) is 5.48. The summed E-state index contributed by atoms with van der Waals surface area (Å²) >= 11 is 0. The van der Waals surface area contributed by atoms with Crippen LogP contribution in [0, 0.1) is 0 Å². The molecule has 1 unspecified atom stereocenters. The molecule has 1 atom stereocenters. The maximum atomic E-state index is 11.7. The maximum absolute atomic E-state index is 11.7. The number of hydrogen-bond acceptors (Lipinski definition) is 4. The molecule has 0 saturated carbocycles. The molecule has 1 fully saturated rings. The third-order valence-corrected chi connectivity index (χ3v) is 3.25. The van der Waals surface area contributed by atoms with Gasteiger partial charge in [0.2, 0.25) is 17.7 Å². The van der Waals surface area contributed by atoms with Crippen molar-refractivity contribution in [2.45, 2.75) is 45.2 Å². The highest BCUT2D eigenvalue weighted by Crippen LogP contribution is 2.10. The topological polar surface area (TPSA) is 78.5 Å². The molecule has 0 aliphatic carbocycles. The highest BCUT2D eigenvalue weighted by Gasteiger charge is 2.35. The summed E-state index contributed by atoms with van der Waals surface area (Å²) in [5.41, 5.74) is -0.259. The van der Waals surface area contributed by atoms with Crippen LogP contribution >= 0.6 is 0 Å². The zero-order valence-electron chi connectivity index (χ0n) is 11.4. The standard InChI is InChI=1S/C12H21N3O3/c1-5-12(2,3)14-9(16)7-13-8-6-10(17)15(4)11(8)18/h8,13H,5-7H2,1-4H3,(H,14,16). The Balaban J connectivity index is 2.40. The minimum absolute atomic E-state index is 0.0426. The van der Waals surface area contributed by atoms with Crippen LogP contribution in [0.5, 0.6) is 0 Å². The molecule has 3 amide bonds. The Labute approximate surface area is 107 Å². The van der Waals surface area contributed by atoms with E-state index in [2.05, 4.69) is 10.6 Å². The van der Waals surface area contributed by atoms with Gasteiger partial charge >= 0.3 is 0 Å². The maximum Gasteiger partial charge on any atom is 0.246 e. The number of amides is 3. The molecule has 2 N–H and O–H groups in total. The van der Waals surface area contributed by atoms with E-state index >= 15 is 0 Å². The van der Waals surface area contributed by atoms with E-state index in [0.717, 1.165) is 11.3 Å². The van der Waals surface area contributed by atoms with Crippen molar-refractivity contribution in [1.29, 1.82) is 0 Å². The average molecular weight is 255 g/mol. The van der Waals surface area contributed by atoms with Gasteiger partial charge in [0.15, 0.2) is 0 Å². The van der Waals surface area contributed by atoms with Crippen LogP contribution in [0.15, 0.2) is 0 Å². The van der Waals surface area contributed by atoms with E-state index in [9.17, 15) is 14.4 Å². The fourth-order valence-corrected chi connectivity index (χ4v) is 1.64.